The smallest absolute Gasteiger partial charge is 0.327 e. The topological polar surface area (TPSA) is 85.7 Å². The van der Waals surface area contributed by atoms with Gasteiger partial charge in [-0.1, -0.05) is 30.3 Å². The zero-order chi connectivity index (χ0) is 25.0. The lowest BCUT2D eigenvalue weighted by molar-refractivity contribution is -0.140. The van der Waals surface area contributed by atoms with Crippen LogP contribution in [0.4, 0.5) is 10.1 Å². The van der Waals surface area contributed by atoms with Crippen molar-refractivity contribution in [3.05, 3.63) is 88.5 Å². The van der Waals surface area contributed by atoms with Gasteiger partial charge in [-0.2, -0.15) is 0 Å². The Morgan fingerprint density at radius 2 is 1.68 bits per heavy atom. The van der Waals surface area contributed by atoms with Gasteiger partial charge in [0.15, 0.2) is 6.61 Å². The summed E-state index contributed by atoms with van der Waals surface area (Å²) in [4.78, 5) is 25.2. The molecule has 0 N–H and O–H groups in total. The van der Waals surface area contributed by atoms with Crippen LogP contribution in [0.25, 0.3) is 0 Å². The van der Waals surface area contributed by atoms with Crippen molar-refractivity contribution in [3.8, 4) is 0 Å². The summed E-state index contributed by atoms with van der Waals surface area (Å²) in [5.41, 5.74) is 3.87. The first-order valence-electron chi connectivity index (χ1n) is 10.6. The van der Waals surface area contributed by atoms with Crippen LogP contribution in [0.5, 0.6) is 0 Å². The van der Waals surface area contributed by atoms with Gasteiger partial charge in [0.1, 0.15) is 12.4 Å². The van der Waals surface area contributed by atoms with Crippen LogP contribution < -0.4 is 4.31 Å². The van der Waals surface area contributed by atoms with Gasteiger partial charge in [-0.15, -0.1) is 0 Å². The first-order valence-corrected chi connectivity index (χ1v) is 12.5. The van der Waals surface area contributed by atoms with Crippen molar-refractivity contribution in [1.82, 2.24) is 4.57 Å². The van der Waals surface area contributed by atoms with Crippen molar-refractivity contribution in [1.29, 1.82) is 0 Å². The predicted octanol–water partition coefficient (Wildman–Crippen LogP) is 3.79. The Morgan fingerprint density at radius 3 is 2.29 bits per heavy atom. The number of esters is 1. The number of sulfonamides is 1. The Hall–Kier alpha value is -3.46. The van der Waals surface area contributed by atoms with E-state index in [0.717, 1.165) is 21.8 Å². The zero-order valence-electron chi connectivity index (χ0n) is 19.5. The van der Waals surface area contributed by atoms with Crippen LogP contribution in [0.1, 0.15) is 32.9 Å². The lowest BCUT2D eigenvalue weighted by atomic mass is 10.1. The molecule has 7 nitrogen and oxygen atoms in total. The fourth-order valence-corrected chi connectivity index (χ4v) is 4.61. The maximum atomic E-state index is 13.2. The maximum Gasteiger partial charge on any atom is 0.327 e. The number of rotatable bonds is 9. The van der Waals surface area contributed by atoms with Gasteiger partial charge in [0, 0.05) is 23.5 Å². The number of ether oxygens (including phenoxy) is 1. The molecule has 0 atom stereocenters. The number of halogens is 1. The lowest BCUT2D eigenvalue weighted by Crippen LogP contribution is -2.36. The second-order valence-electron chi connectivity index (χ2n) is 8.14. The first-order chi connectivity index (χ1) is 16.0. The Kier molecular flexibility index (Phi) is 7.56. The summed E-state index contributed by atoms with van der Waals surface area (Å²) in [6.07, 6.45) is 1.01. The molecule has 34 heavy (non-hydrogen) atoms. The molecule has 3 aromatic rings. The third-order valence-corrected chi connectivity index (χ3v) is 6.68. The molecular weight excluding hydrogens is 459 g/mol. The maximum absolute atomic E-state index is 13.2. The van der Waals surface area contributed by atoms with E-state index in [1.54, 1.807) is 56.3 Å². The van der Waals surface area contributed by atoms with Crippen LogP contribution in [0.2, 0.25) is 0 Å². The summed E-state index contributed by atoms with van der Waals surface area (Å²) in [5.74, 6) is -1.55. The highest BCUT2D eigenvalue weighted by atomic mass is 32.2. The molecule has 3 rings (SSSR count). The number of carbonyl (C=O) groups excluding carboxylic acids is 2. The number of para-hydroxylation sites is 1. The van der Waals surface area contributed by atoms with E-state index in [4.69, 9.17) is 4.74 Å². The number of benzene rings is 2. The fourth-order valence-electron chi connectivity index (χ4n) is 3.71. The van der Waals surface area contributed by atoms with Crippen molar-refractivity contribution in [2.75, 3.05) is 23.7 Å². The zero-order valence-corrected chi connectivity index (χ0v) is 20.4. The standard InChI is InChI=1S/C25H27FN2O5S/c1-17-7-5-6-8-23(17)28(34(4,31)32)15-25(30)33-16-24(29)22-13-18(2)27(19(22)3)14-20-9-11-21(26)12-10-20/h5-13H,14-16H2,1-4H3. The molecule has 0 unspecified atom stereocenters. The summed E-state index contributed by atoms with van der Waals surface area (Å²) in [7, 11) is -3.75. The largest absolute Gasteiger partial charge is 0.456 e. The molecule has 0 aliphatic rings. The molecule has 0 saturated heterocycles. The minimum atomic E-state index is -3.75. The second-order valence-corrected chi connectivity index (χ2v) is 10.0. The molecular formula is C25H27FN2O5S. The van der Waals surface area contributed by atoms with Crippen LogP contribution in [-0.4, -0.2) is 44.1 Å². The highest BCUT2D eigenvalue weighted by Crippen LogP contribution is 2.22. The average molecular weight is 487 g/mol. The van der Waals surface area contributed by atoms with Gasteiger partial charge < -0.3 is 9.30 Å². The van der Waals surface area contributed by atoms with E-state index in [-0.39, 0.29) is 5.82 Å². The molecule has 9 heteroatoms. The van der Waals surface area contributed by atoms with Gasteiger partial charge in [-0.05, 0) is 56.2 Å². The minimum Gasteiger partial charge on any atom is -0.456 e. The van der Waals surface area contributed by atoms with E-state index >= 15 is 0 Å². The van der Waals surface area contributed by atoms with E-state index in [1.165, 1.54) is 12.1 Å². The molecule has 0 spiro atoms. The molecule has 0 bridgehead atoms. The third kappa shape index (κ3) is 5.91. The predicted molar refractivity (Wildman–Crippen MR) is 128 cm³/mol. The van der Waals surface area contributed by atoms with E-state index in [2.05, 4.69) is 0 Å². The molecule has 0 saturated carbocycles. The summed E-state index contributed by atoms with van der Waals surface area (Å²) in [5, 5.41) is 0. The molecule has 0 fully saturated rings. The molecule has 1 aromatic heterocycles. The molecule has 0 aliphatic heterocycles. The number of aromatic nitrogens is 1. The summed E-state index contributed by atoms with van der Waals surface area (Å²) in [6, 6.07) is 14.6. The van der Waals surface area contributed by atoms with Crippen molar-refractivity contribution < 1.29 is 27.1 Å². The molecule has 0 radical (unpaired) electrons. The van der Waals surface area contributed by atoms with Gasteiger partial charge in [0.05, 0.1) is 11.9 Å². The van der Waals surface area contributed by atoms with Crippen LogP contribution in [0, 0.1) is 26.6 Å². The van der Waals surface area contributed by atoms with E-state index in [1.807, 2.05) is 11.5 Å². The Bertz CT molecular complexity index is 1310. The fraction of sp³-hybridized carbons (Fsp3) is 0.280. The number of anilines is 1. The second kappa shape index (κ2) is 10.2. The number of nitrogens with zero attached hydrogens (tertiary/aromatic N) is 2. The van der Waals surface area contributed by atoms with Crippen molar-refractivity contribution >= 4 is 27.5 Å². The molecule has 1 heterocycles. The number of ketones is 1. The van der Waals surface area contributed by atoms with Crippen LogP contribution in [0.3, 0.4) is 0 Å². The Labute approximate surface area is 198 Å². The highest BCUT2D eigenvalue weighted by molar-refractivity contribution is 7.92. The number of carbonyl (C=O) groups is 2. The number of aryl methyl sites for hydroxylation is 2. The lowest BCUT2D eigenvalue weighted by Gasteiger charge is -2.23. The minimum absolute atomic E-state index is 0.320. The number of Topliss-reactive ketones (excluding diaryl/α,β-unsaturated/α-hetero) is 1. The number of hydrogen-bond donors (Lipinski definition) is 0. The van der Waals surface area contributed by atoms with E-state index < -0.39 is 34.9 Å². The summed E-state index contributed by atoms with van der Waals surface area (Å²) in [6.45, 7) is 4.79. The van der Waals surface area contributed by atoms with Gasteiger partial charge in [0.25, 0.3) is 0 Å². The van der Waals surface area contributed by atoms with Gasteiger partial charge in [0.2, 0.25) is 15.8 Å². The van der Waals surface area contributed by atoms with E-state index in [9.17, 15) is 22.4 Å². The van der Waals surface area contributed by atoms with Crippen molar-refractivity contribution in [2.24, 2.45) is 0 Å². The van der Waals surface area contributed by atoms with Crippen LogP contribution in [-0.2, 0) is 26.1 Å². The van der Waals surface area contributed by atoms with Gasteiger partial charge in [-0.25, -0.2) is 12.8 Å². The first kappa shape index (κ1) is 25.2. The van der Waals surface area contributed by atoms with Gasteiger partial charge in [-0.3, -0.25) is 13.9 Å². The molecule has 2 aromatic carbocycles. The van der Waals surface area contributed by atoms with Crippen molar-refractivity contribution in [2.45, 2.75) is 27.3 Å². The average Bonchev–Trinajstić information content (AvgIpc) is 3.05. The molecule has 0 amide bonds. The van der Waals surface area contributed by atoms with Gasteiger partial charge >= 0.3 is 5.97 Å². The molecule has 0 aliphatic carbocycles. The highest BCUT2D eigenvalue weighted by Gasteiger charge is 2.24. The number of hydrogen-bond acceptors (Lipinski definition) is 5. The Balaban J connectivity index is 1.68. The third-order valence-electron chi connectivity index (χ3n) is 5.55. The van der Waals surface area contributed by atoms with E-state index in [0.29, 0.717) is 29.1 Å². The molecule has 180 valence electrons. The Morgan fingerprint density at radius 1 is 1.03 bits per heavy atom. The van der Waals surface area contributed by atoms with Crippen molar-refractivity contribution in [3.63, 3.8) is 0 Å². The summed E-state index contributed by atoms with van der Waals surface area (Å²) >= 11 is 0. The normalized spacial score (nSPS) is 11.3. The quantitative estimate of drug-likeness (QED) is 0.339. The summed E-state index contributed by atoms with van der Waals surface area (Å²) < 4.78 is 45.7. The van der Waals surface area contributed by atoms with Crippen LogP contribution in [0.15, 0.2) is 54.6 Å². The SMILES string of the molecule is Cc1ccccc1N(CC(=O)OCC(=O)c1cc(C)n(Cc2ccc(F)cc2)c1C)S(C)(=O)=O. The monoisotopic (exact) mass is 486 g/mol. The van der Waals surface area contributed by atoms with Crippen LogP contribution >= 0.6 is 0 Å².